The van der Waals surface area contributed by atoms with Crippen molar-refractivity contribution in [1.29, 1.82) is 0 Å². The summed E-state index contributed by atoms with van der Waals surface area (Å²) in [5.41, 5.74) is 0.696. The summed E-state index contributed by atoms with van der Waals surface area (Å²) >= 11 is 1.29. The summed E-state index contributed by atoms with van der Waals surface area (Å²) in [6, 6.07) is 0. The number of methoxy groups -OCH3 is 1. The first-order valence-corrected chi connectivity index (χ1v) is 7.44. The van der Waals surface area contributed by atoms with E-state index in [0.29, 0.717) is 22.9 Å². The Hall–Kier alpha value is -1.14. The fraction of sp³-hybridized carbons (Fsp3) is 0.692. The van der Waals surface area contributed by atoms with E-state index in [0.717, 1.165) is 31.2 Å². The number of anilines is 1. The molecule has 5 nitrogen and oxygen atoms in total. The predicted molar refractivity (Wildman–Crippen MR) is 75.3 cm³/mol. The summed E-state index contributed by atoms with van der Waals surface area (Å²) in [6.45, 7) is 4.56. The number of hydrogen-bond donors (Lipinski definition) is 1. The first-order valence-electron chi connectivity index (χ1n) is 6.62. The van der Waals surface area contributed by atoms with Gasteiger partial charge >= 0.3 is 5.97 Å². The molecule has 1 aliphatic rings. The average molecular weight is 284 g/mol. The Morgan fingerprint density at radius 2 is 2.42 bits per heavy atom. The lowest BCUT2D eigenvalue weighted by molar-refractivity contribution is 0.0701. The molecule has 0 saturated carbocycles. The molecule has 0 spiro atoms. The SMILES string of the molecule is CCc1nc(N2CCCC(COC)C2)sc1C(=O)O. The van der Waals surface area contributed by atoms with E-state index in [9.17, 15) is 9.90 Å². The number of aryl methyl sites for hydroxylation is 1. The Balaban J connectivity index is 2.14. The maximum atomic E-state index is 11.2. The standard InChI is InChI=1S/C13H20N2O3S/c1-3-10-11(12(16)17)19-13(14-10)15-6-4-5-9(7-15)8-18-2/h9H,3-8H2,1-2H3,(H,16,17). The van der Waals surface area contributed by atoms with Crippen LogP contribution in [0.15, 0.2) is 0 Å². The van der Waals surface area contributed by atoms with Crippen LogP contribution in [0.3, 0.4) is 0 Å². The molecule has 1 unspecified atom stereocenters. The van der Waals surface area contributed by atoms with E-state index in [-0.39, 0.29) is 0 Å². The number of carboxylic acids is 1. The Morgan fingerprint density at radius 1 is 1.63 bits per heavy atom. The summed E-state index contributed by atoms with van der Waals surface area (Å²) in [4.78, 5) is 18.2. The molecule has 2 heterocycles. The minimum absolute atomic E-state index is 0.381. The first kappa shape index (κ1) is 14.3. The van der Waals surface area contributed by atoms with Gasteiger partial charge in [-0.1, -0.05) is 18.3 Å². The summed E-state index contributed by atoms with van der Waals surface area (Å²) < 4.78 is 5.22. The van der Waals surface area contributed by atoms with Crippen LogP contribution in [0.5, 0.6) is 0 Å². The zero-order valence-corrected chi connectivity index (χ0v) is 12.2. The Kier molecular flexibility index (Phi) is 4.76. The number of nitrogens with zero attached hydrogens (tertiary/aromatic N) is 2. The Labute approximate surface area is 117 Å². The van der Waals surface area contributed by atoms with Crippen molar-refractivity contribution >= 4 is 22.4 Å². The molecular weight excluding hydrogens is 264 g/mol. The summed E-state index contributed by atoms with van der Waals surface area (Å²) in [5.74, 6) is -0.355. The van der Waals surface area contributed by atoms with Gasteiger partial charge in [-0.15, -0.1) is 0 Å². The molecule has 19 heavy (non-hydrogen) atoms. The van der Waals surface area contributed by atoms with E-state index in [2.05, 4.69) is 9.88 Å². The highest BCUT2D eigenvalue weighted by atomic mass is 32.1. The lowest BCUT2D eigenvalue weighted by atomic mass is 9.99. The maximum absolute atomic E-state index is 11.2. The number of carboxylic acid groups (broad SMARTS) is 1. The monoisotopic (exact) mass is 284 g/mol. The third kappa shape index (κ3) is 3.25. The molecule has 1 saturated heterocycles. The molecule has 2 rings (SSSR count). The summed E-state index contributed by atoms with van der Waals surface area (Å²) in [7, 11) is 1.72. The number of ether oxygens (including phenoxy) is 1. The smallest absolute Gasteiger partial charge is 0.347 e. The number of piperidine rings is 1. The molecule has 0 radical (unpaired) electrons. The molecule has 6 heteroatoms. The number of carbonyl (C=O) groups is 1. The number of rotatable bonds is 5. The van der Waals surface area contributed by atoms with Crippen molar-refractivity contribution in [3.8, 4) is 0 Å². The summed E-state index contributed by atoms with van der Waals surface area (Å²) in [6.07, 6.45) is 2.94. The van der Waals surface area contributed by atoms with Gasteiger partial charge in [0.2, 0.25) is 0 Å². The van der Waals surface area contributed by atoms with Gasteiger partial charge in [0, 0.05) is 20.2 Å². The minimum Gasteiger partial charge on any atom is -0.477 e. The molecule has 106 valence electrons. The third-order valence-electron chi connectivity index (χ3n) is 3.41. The van der Waals surface area contributed by atoms with E-state index in [4.69, 9.17) is 4.74 Å². The lowest BCUT2D eigenvalue weighted by Gasteiger charge is -2.32. The Morgan fingerprint density at radius 3 is 3.00 bits per heavy atom. The van der Waals surface area contributed by atoms with Crippen molar-refractivity contribution in [3.05, 3.63) is 10.6 Å². The van der Waals surface area contributed by atoms with Gasteiger partial charge in [-0.3, -0.25) is 0 Å². The van der Waals surface area contributed by atoms with Crippen molar-refractivity contribution in [2.45, 2.75) is 26.2 Å². The molecule has 1 atom stereocenters. The number of thiazole rings is 1. The lowest BCUT2D eigenvalue weighted by Crippen LogP contribution is -2.37. The molecule has 1 N–H and O–H groups in total. The van der Waals surface area contributed by atoms with Crippen LogP contribution < -0.4 is 4.90 Å². The van der Waals surface area contributed by atoms with Crippen molar-refractivity contribution in [2.75, 3.05) is 31.7 Å². The zero-order chi connectivity index (χ0) is 13.8. The molecule has 1 aromatic rings. The second-order valence-corrected chi connectivity index (χ2v) is 5.82. The van der Waals surface area contributed by atoms with E-state index < -0.39 is 5.97 Å². The fourth-order valence-corrected chi connectivity index (χ4v) is 3.52. The highest BCUT2D eigenvalue weighted by molar-refractivity contribution is 7.17. The van der Waals surface area contributed by atoms with Crippen LogP contribution in [-0.2, 0) is 11.2 Å². The van der Waals surface area contributed by atoms with E-state index in [1.54, 1.807) is 7.11 Å². The van der Waals surface area contributed by atoms with Crippen LogP contribution >= 0.6 is 11.3 Å². The summed E-state index contributed by atoms with van der Waals surface area (Å²) in [5, 5.41) is 10.0. The fourth-order valence-electron chi connectivity index (χ4n) is 2.49. The molecule has 0 aromatic carbocycles. The molecule has 1 aromatic heterocycles. The zero-order valence-electron chi connectivity index (χ0n) is 11.4. The molecule has 1 fully saturated rings. The third-order valence-corrected chi connectivity index (χ3v) is 4.55. The van der Waals surface area contributed by atoms with Gasteiger partial charge in [0.1, 0.15) is 4.88 Å². The van der Waals surface area contributed by atoms with Crippen LogP contribution in [0.4, 0.5) is 5.13 Å². The van der Waals surface area contributed by atoms with Gasteiger partial charge < -0.3 is 14.7 Å². The molecule has 1 aliphatic heterocycles. The number of hydrogen-bond acceptors (Lipinski definition) is 5. The van der Waals surface area contributed by atoms with Crippen molar-refractivity contribution in [2.24, 2.45) is 5.92 Å². The van der Waals surface area contributed by atoms with Gasteiger partial charge in [-0.2, -0.15) is 0 Å². The van der Waals surface area contributed by atoms with Gasteiger partial charge in [-0.25, -0.2) is 9.78 Å². The highest BCUT2D eigenvalue weighted by Crippen LogP contribution is 2.30. The number of aromatic carboxylic acids is 1. The van der Waals surface area contributed by atoms with Gasteiger partial charge in [0.25, 0.3) is 0 Å². The first-order chi connectivity index (χ1) is 9.15. The second kappa shape index (κ2) is 6.34. The second-order valence-electron chi connectivity index (χ2n) is 4.84. The highest BCUT2D eigenvalue weighted by Gasteiger charge is 2.24. The molecule has 0 amide bonds. The van der Waals surface area contributed by atoms with Gasteiger partial charge in [-0.05, 0) is 25.2 Å². The molecule has 0 aliphatic carbocycles. The van der Waals surface area contributed by atoms with Crippen molar-refractivity contribution < 1.29 is 14.6 Å². The van der Waals surface area contributed by atoms with E-state index >= 15 is 0 Å². The van der Waals surface area contributed by atoms with Crippen LogP contribution in [-0.4, -0.2) is 42.9 Å². The maximum Gasteiger partial charge on any atom is 0.347 e. The van der Waals surface area contributed by atoms with E-state index in [1.165, 1.54) is 17.8 Å². The largest absolute Gasteiger partial charge is 0.477 e. The topological polar surface area (TPSA) is 62.7 Å². The minimum atomic E-state index is -0.869. The molecular formula is C13H20N2O3S. The van der Waals surface area contributed by atoms with Crippen LogP contribution in [0.25, 0.3) is 0 Å². The van der Waals surface area contributed by atoms with Gasteiger partial charge in [0.05, 0.1) is 12.3 Å². The van der Waals surface area contributed by atoms with E-state index in [1.807, 2.05) is 6.92 Å². The predicted octanol–water partition coefficient (Wildman–Crippen LogP) is 2.27. The van der Waals surface area contributed by atoms with Crippen molar-refractivity contribution in [1.82, 2.24) is 4.98 Å². The molecule has 0 bridgehead atoms. The quantitative estimate of drug-likeness (QED) is 0.898. The van der Waals surface area contributed by atoms with Crippen LogP contribution in [0.1, 0.15) is 35.1 Å². The van der Waals surface area contributed by atoms with Crippen LogP contribution in [0.2, 0.25) is 0 Å². The average Bonchev–Trinajstić information content (AvgIpc) is 2.84. The number of aromatic nitrogens is 1. The normalized spacial score (nSPS) is 19.7. The Bertz CT molecular complexity index is 445. The van der Waals surface area contributed by atoms with Crippen LogP contribution in [0, 0.1) is 5.92 Å². The van der Waals surface area contributed by atoms with Gasteiger partial charge in [0.15, 0.2) is 5.13 Å². The van der Waals surface area contributed by atoms with Crippen molar-refractivity contribution in [3.63, 3.8) is 0 Å².